The maximum atomic E-state index is 13.1. The van der Waals surface area contributed by atoms with Crippen molar-refractivity contribution in [2.45, 2.75) is 88.1 Å². The molecule has 1 heterocycles. The molecule has 0 aromatic rings. The predicted molar refractivity (Wildman–Crippen MR) is 119 cm³/mol. The number of hydrogen-bond acceptors (Lipinski definition) is 7. The Hall–Kier alpha value is -2.43. The molecule has 1 aliphatic heterocycles. The van der Waals surface area contributed by atoms with E-state index < -0.39 is 50.7 Å². The standard InChI is InChI=1S/C22H33N3O7S/c1-3-4-5-6-7-8-16-12-22(16,21(29)24-33(30,31)18-9-10-18)23-20(28)19-11-17(32-15(2)27)13-25(19)14-26/h7-8,14,16-19H,3-6,9-13H2,1-2H3,(H,23,28)(H,24,29)/b8-7-/t16-,17-,19+,22-/m1/s1. The van der Waals surface area contributed by atoms with Crippen molar-refractivity contribution in [3.63, 3.8) is 0 Å². The second-order valence-electron chi connectivity index (χ2n) is 9.16. The summed E-state index contributed by atoms with van der Waals surface area (Å²) >= 11 is 0. The number of allylic oxidation sites excluding steroid dienone is 1. The van der Waals surface area contributed by atoms with Crippen LogP contribution in [0.3, 0.4) is 0 Å². The lowest BCUT2D eigenvalue weighted by Crippen LogP contribution is -2.56. The molecule has 33 heavy (non-hydrogen) atoms. The van der Waals surface area contributed by atoms with E-state index in [1.165, 1.54) is 11.8 Å². The molecule has 0 radical (unpaired) electrons. The van der Waals surface area contributed by atoms with Crippen LogP contribution in [-0.2, 0) is 33.9 Å². The summed E-state index contributed by atoms with van der Waals surface area (Å²) in [4.78, 5) is 50.1. The molecule has 0 bridgehead atoms. The Morgan fingerprint density at radius 2 is 1.94 bits per heavy atom. The zero-order valence-corrected chi connectivity index (χ0v) is 19.9. The van der Waals surface area contributed by atoms with Crippen LogP contribution in [0.2, 0.25) is 0 Å². The maximum Gasteiger partial charge on any atom is 0.302 e. The van der Waals surface area contributed by atoms with Crippen LogP contribution >= 0.6 is 0 Å². The van der Waals surface area contributed by atoms with E-state index in [0.717, 1.165) is 25.7 Å². The molecule has 10 nitrogen and oxygen atoms in total. The van der Waals surface area contributed by atoms with Crippen molar-refractivity contribution in [3.8, 4) is 0 Å². The molecule has 11 heteroatoms. The summed E-state index contributed by atoms with van der Waals surface area (Å²) in [5.74, 6) is -2.17. The predicted octanol–water partition coefficient (Wildman–Crippen LogP) is 0.769. The van der Waals surface area contributed by atoms with E-state index in [-0.39, 0.29) is 25.3 Å². The van der Waals surface area contributed by atoms with Crippen molar-refractivity contribution in [1.82, 2.24) is 14.9 Å². The zero-order chi connectivity index (χ0) is 24.2. The van der Waals surface area contributed by atoms with Gasteiger partial charge in [-0.1, -0.05) is 31.9 Å². The van der Waals surface area contributed by atoms with Gasteiger partial charge >= 0.3 is 5.97 Å². The minimum atomic E-state index is -3.78. The summed E-state index contributed by atoms with van der Waals surface area (Å²) in [6.07, 6.45) is 9.13. The van der Waals surface area contributed by atoms with E-state index in [9.17, 15) is 27.6 Å². The van der Waals surface area contributed by atoms with Gasteiger partial charge in [-0.2, -0.15) is 0 Å². The molecule has 0 aromatic carbocycles. The van der Waals surface area contributed by atoms with Gasteiger partial charge in [-0.05, 0) is 32.1 Å². The molecule has 1 saturated heterocycles. The first kappa shape index (κ1) is 25.2. The molecular weight excluding hydrogens is 450 g/mol. The number of likely N-dealkylation sites (tertiary alicyclic amines) is 1. The number of amides is 3. The van der Waals surface area contributed by atoms with Crippen molar-refractivity contribution >= 4 is 34.2 Å². The van der Waals surface area contributed by atoms with Gasteiger partial charge in [0.15, 0.2) is 0 Å². The molecule has 3 fully saturated rings. The summed E-state index contributed by atoms with van der Waals surface area (Å²) in [6.45, 7) is 3.44. The third-order valence-electron chi connectivity index (χ3n) is 6.38. The van der Waals surface area contributed by atoms with Crippen molar-refractivity contribution in [2.24, 2.45) is 5.92 Å². The lowest BCUT2D eigenvalue weighted by molar-refractivity contribution is -0.146. The first-order valence-corrected chi connectivity index (χ1v) is 13.1. The second kappa shape index (κ2) is 10.2. The monoisotopic (exact) mass is 483 g/mol. The number of unbranched alkanes of at least 4 members (excludes halogenated alkanes) is 3. The number of nitrogens with one attached hydrogen (secondary N) is 2. The van der Waals surface area contributed by atoms with Crippen LogP contribution in [0.5, 0.6) is 0 Å². The summed E-state index contributed by atoms with van der Waals surface area (Å²) in [5.41, 5.74) is -1.38. The van der Waals surface area contributed by atoms with Crippen molar-refractivity contribution in [2.75, 3.05) is 6.54 Å². The largest absolute Gasteiger partial charge is 0.461 e. The fraction of sp³-hybridized carbons (Fsp3) is 0.727. The fourth-order valence-electron chi connectivity index (χ4n) is 4.26. The van der Waals surface area contributed by atoms with Gasteiger partial charge in [0.05, 0.1) is 11.8 Å². The third-order valence-corrected chi connectivity index (χ3v) is 8.20. The fourth-order valence-corrected chi connectivity index (χ4v) is 5.62. The highest BCUT2D eigenvalue weighted by atomic mass is 32.2. The Kier molecular flexibility index (Phi) is 7.81. The van der Waals surface area contributed by atoms with Gasteiger partial charge in [0.25, 0.3) is 5.91 Å². The maximum absolute atomic E-state index is 13.1. The number of carbonyl (C=O) groups is 4. The van der Waals surface area contributed by atoms with Crippen LogP contribution in [0.25, 0.3) is 0 Å². The van der Waals surface area contributed by atoms with Crippen LogP contribution in [-0.4, -0.2) is 67.0 Å². The highest BCUT2D eigenvalue weighted by Gasteiger charge is 2.61. The smallest absolute Gasteiger partial charge is 0.302 e. The average molecular weight is 484 g/mol. The SMILES string of the molecule is CCCCC/C=C\[C@@H]1C[C@]1(NC(=O)[C@@H]1C[C@@H](OC(C)=O)CN1C=O)C(=O)NS(=O)(=O)C1CC1. The van der Waals surface area contributed by atoms with Crippen LogP contribution in [0.4, 0.5) is 0 Å². The molecule has 3 aliphatic rings. The normalized spacial score (nSPS) is 29.0. The topological polar surface area (TPSA) is 139 Å². The molecule has 3 rings (SSSR count). The molecular formula is C22H33N3O7S. The first-order chi connectivity index (χ1) is 15.6. The highest BCUT2D eigenvalue weighted by Crippen LogP contribution is 2.46. The molecule has 2 saturated carbocycles. The Balaban J connectivity index is 1.71. The van der Waals surface area contributed by atoms with E-state index in [1.54, 1.807) is 0 Å². The van der Waals surface area contributed by atoms with Crippen LogP contribution in [0.1, 0.15) is 65.2 Å². The average Bonchev–Trinajstić information content (AvgIpc) is 3.65. The molecule has 2 aliphatic carbocycles. The summed E-state index contributed by atoms with van der Waals surface area (Å²) < 4.78 is 32.0. The minimum Gasteiger partial charge on any atom is -0.461 e. The van der Waals surface area contributed by atoms with E-state index in [0.29, 0.717) is 19.3 Å². The molecule has 2 N–H and O–H groups in total. The van der Waals surface area contributed by atoms with Gasteiger partial charge in [0, 0.05) is 19.3 Å². The number of carbonyl (C=O) groups excluding carboxylic acids is 4. The molecule has 0 aromatic heterocycles. The van der Waals surface area contributed by atoms with E-state index in [4.69, 9.17) is 4.74 Å². The van der Waals surface area contributed by atoms with E-state index in [1.807, 2.05) is 12.2 Å². The quantitative estimate of drug-likeness (QED) is 0.181. The van der Waals surface area contributed by atoms with Crippen LogP contribution in [0.15, 0.2) is 12.2 Å². The van der Waals surface area contributed by atoms with E-state index in [2.05, 4.69) is 17.0 Å². The Morgan fingerprint density at radius 1 is 1.21 bits per heavy atom. The number of ether oxygens (including phenoxy) is 1. The summed E-state index contributed by atoms with van der Waals surface area (Å²) in [6, 6.07) is -0.911. The number of rotatable bonds is 12. The number of sulfonamides is 1. The number of hydrogen-bond donors (Lipinski definition) is 2. The van der Waals surface area contributed by atoms with Gasteiger partial charge < -0.3 is 15.0 Å². The van der Waals surface area contributed by atoms with E-state index >= 15 is 0 Å². The van der Waals surface area contributed by atoms with Crippen LogP contribution in [0, 0.1) is 5.92 Å². The lowest BCUT2D eigenvalue weighted by atomic mass is 10.1. The van der Waals surface area contributed by atoms with Crippen molar-refractivity contribution in [3.05, 3.63) is 12.2 Å². The second-order valence-corrected chi connectivity index (χ2v) is 11.1. The lowest BCUT2D eigenvalue weighted by Gasteiger charge is -2.23. The Labute approximate surface area is 194 Å². The minimum absolute atomic E-state index is 0.0805. The Bertz CT molecular complexity index is 915. The molecule has 0 spiro atoms. The molecule has 4 atom stereocenters. The molecule has 184 valence electrons. The third kappa shape index (κ3) is 6.13. The zero-order valence-electron chi connectivity index (χ0n) is 19.1. The van der Waals surface area contributed by atoms with Crippen molar-refractivity contribution < 1.29 is 32.3 Å². The summed E-state index contributed by atoms with van der Waals surface area (Å²) in [7, 11) is -3.78. The molecule has 0 unspecified atom stereocenters. The van der Waals surface area contributed by atoms with Crippen molar-refractivity contribution in [1.29, 1.82) is 0 Å². The number of nitrogens with zero attached hydrogens (tertiary/aromatic N) is 1. The highest BCUT2D eigenvalue weighted by molar-refractivity contribution is 7.91. The van der Waals surface area contributed by atoms with Gasteiger partial charge in [0.1, 0.15) is 17.7 Å². The number of esters is 1. The van der Waals surface area contributed by atoms with Gasteiger partial charge in [-0.3, -0.25) is 23.9 Å². The Morgan fingerprint density at radius 3 is 2.55 bits per heavy atom. The van der Waals surface area contributed by atoms with Gasteiger partial charge in [-0.15, -0.1) is 0 Å². The van der Waals surface area contributed by atoms with Gasteiger partial charge in [0.2, 0.25) is 22.3 Å². The van der Waals surface area contributed by atoms with Gasteiger partial charge in [-0.25, -0.2) is 8.42 Å². The first-order valence-electron chi connectivity index (χ1n) is 11.6. The summed E-state index contributed by atoms with van der Waals surface area (Å²) in [5, 5.41) is 2.16. The molecule has 3 amide bonds. The van der Waals surface area contributed by atoms with Crippen LogP contribution < -0.4 is 10.0 Å².